The molecule has 1 saturated carbocycles. The lowest BCUT2D eigenvalue weighted by Gasteiger charge is -2.30. The Morgan fingerprint density at radius 3 is 2.55 bits per heavy atom. The van der Waals surface area contributed by atoms with Crippen LogP contribution in [-0.2, 0) is 11.3 Å². The van der Waals surface area contributed by atoms with Crippen molar-refractivity contribution in [2.75, 3.05) is 32.8 Å². The topological polar surface area (TPSA) is 74.8 Å². The average Bonchev–Trinajstić information content (AvgIpc) is 3.20. The average molecular weight is 403 g/mol. The quantitative estimate of drug-likeness (QED) is 0.301. The van der Waals surface area contributed by atoms with E-state index in [0.29, 0.717) is 24.1 Å². The summed E-state index contributed by atoms with van der Waals surface area (Å²) < 4.78 is 5.62. The van der Waals surface area contributed by atoms with Gasteiger partial charge in [-0.25, -0.2) is 4.99 Å². The zero-order chi connectivity index (χ0) is 21.0. The largest absolute Gasteiger partial charge is 0.382 e. The number of hydrogen-bond acceptors (Lipinski definition) is 3. The summed E-state index contributed by atoms with van der Waals surface area (Å²) in [6, 6.07) is 7.68. The second kappa shape index (κ2) is 12.5. The Morgan fingerprint density at radius 2 is 1.86 bits per heavy atom. The molecule has 0 aliphatic heterocycles. The number of guanidine groups is 1. The number of rotatable bonds is 11. The van der Waals surface area contributed by atoms with Gasteiger partial charge in [-0.3, -0.25) is 4.79 Å². The van der Waals surface area contributed by atoms with E-state index in [1.807, 2.05) is 31.2 Å². The van der Waals surface area contributed by atoms with Crippen molar-refractivity contribution >= 4 is 11.9 Å². The number of hydrogen-bond donors (Lipinski definition) is 3. The first-order chi connectivity index (χ1) is 14.1. The van der Waals surface area contributed by atoms with Crippen molar-refractivity contribution < 1.29 is 9.53 Å². The summed E-state index contributed by atoms with van der Waals surface area (Å²) in [5.41, 5.74) is 2.01. The molecule has 0 aromatic heterocycles. The number of amides is 1. The predicted molar refractivity (Wildman–Crippen MR) is 119 cm³/mol. The number of nitrogens with one attached hydrogen (secondary N) is 3. The molecule has 6 nitrogen and oxygen atoms in total. The highest BCUT2D eigenvalue weighted by Gasteiger charge is 2.33. The van der Waals surface area contributed by atoms with E-state index in [2.05, 4.69) is 29.8 Å². The first-order valence-electron chi connectivity index (χ1n) is 11.1. The van der Waals surface area contributed by atoms with Crippen LogP contribution in [-0.4, -0.2) is 44.7 Å². The van der Waals surface area contributed by atoms with Crippen LogP contribution in [0.1, 0.15) is 68.8 Å². The van der Waals surface area contributed by atoms with Crippen molar-refractivity contribution in [3.63, 3.8) is 0 Å². The highest BCUT2D eigenvalue weighted by atomic mass is 16.5. The third kappa shape index (κ3) is 7.69. The van der Waals surface area contributed by atoms with Gasteiger partial charge >= 0.3 is 0 Å². The molecule has 0 saturated heterocycles. The Bertz CT molecular complexity index is 654. The van der Waals surface area contributed by atoms with E-state index in [0.717, 1.165) is 44.2 Å². The monoisotopic (exact) mass is 402 g/mol. The minimum atomic E-state index is -0.0409. The van der Waals surface area contributed by atoms with E-state index in [4.69, 9.17) is 9.73 Å². The molecular weight excluding hydrogens is 364 g/mol. The summed E-state index contributed by atoms with van der Waals surface area (Å²) in [5, 5.41) is 9.75. The number of carbonyl (C=O) groups excluding carboxylic acids is 1. The van der Waals surface area contributed by atoms with Crippen LogP contribution >= 0.6 is 0 Å². The Labute approximate surface area is 175 Å². The SMILES string of the molecule is CCNC(=O)c1cccc(CN=C(NCC)NCC2(CCOCC)CCCC2)c1. The highest BCUT2D eigenvalue weighted by molar-refractivity contribution is 5.94. The van der Waals surface area contributed by atoms with Gasteiger partial charge < -0.3 is 20.7 Å². The summed E-state index contributed by atoms with van der Waals surface area (Å²) in [7, 11) is 0. The van der Waals surface area contributed by atoms with Crippen LogP contribution in [0.3, 0.4) is 0 Å². The maximum atomic E-state index is 12.0. The van der Waals surface area contributed by atoms with E-state index in [9.17, 15) is 4.79 Å². The molecule has 0 bridgehead atoms. The van der Waals surface area contributed by atoms with Crippen molar-refractivity contribution in [3.8, 4) is 0 Å². The molecule has 1 fully saturated rings. The first kappa shape index (κ1) is 23.2. The third-order valence-corrected chi connectivity index (χ3v) is 5.57. The molecule has 0 atom stereocenters. The standard InChI is InChI=1S/C23H38N4O2/c1-4-24-21(28)20-11-9-10-19(16-20)17-26-22(25-5-2)27-18-23(12-7-8-13-23)14-15-29-6-3/h9-11,16H,4-8,12-15,17-18H2,1-3H3,(H,24,28)(H2,25,26,27). The zero-order valence-electron chi connectivity index (χ0n) is 18.4. The zero-order valence-corrected chi connectivity index (χ0v) is 18.4. The van der Waals surface area contributed by atoms with E-state index in [-0.39, 0.29) is 5.91 Å². The lowest BCUT2D eigenvalue weighted by Crippen LogP contribution is -2.43. The van der Waals surface area contributed by atoms with Gasteiger partial charge in [0.25, 0.3) is 5.91 Å². The summed E-state index contributed by atoms with van der Waals surface area (Å²) >= 11 is 0. The van der Waals surface area contributed by atoms with Crippen molar-refractivity contribution in [1.82, 2.24) is 16.0 Å². The number of aliphatic imine (C=N–C) groups is 1. The van der Waals surface area contributed by atoms with Gasteiger partial charge in [0.2, 0.25) is 0 Å². The molecule has 0 spiro atoms. The van der Waals surface area contributed by atoms with Crippen LogP contribution in [0.2, 0.25) is 0 Å². The van der Waals surface area contributed by atoms with Gasteiger partial charge in [-0.1, -0.05) is 25.0 Å². The molecule has 1 aliphatic rings. The molecular formula is C23H38N4O2. The van der Waals surface area contributed by atoms with Gasteiger partial charge in [-0.05, 0) is 63.1 Å². The molecule has 1 aromatic carbocycles. The summed E-state index contributed by atoms with van der Waals surface area (Å²) in [6.45, 7) is 10.6. The fourth-order valence-corrected chi connectivity index (χ4v) is 3.93. The van der Waals surface area contributed by atoms with Gasteiger partial charge in [0.1, 0.15) is 0 Å². The minimum absolute atomic E-state index is 0.0409. The van der Waals surface area contributed by atoms with Crippen molar-refractivity contribution in [2.45, 2.75) is 59.4 Å². The maximum absolute atomic E-state index is 12.0. The van der Waals surface area contributed by atoms with E-state index >= 15 is 0 Å². The van der Waals surface area contributed by atoms with Gasteiger partial charge in [-0.2, -0.15) is 0 Å². The molecule has 0 heterocycles. The first-order valence-corrected chi connectivity index (χ1v) is 11.1. The lowest BCUT2D eigenvalue weighted by molar-refractivity contribution is 0.0955. The van der Waals surface area contributed by atoms with Crippen LogP contribution < -0.4 is 16.0 Å². The molecule has 0 radical (unpaired) electrons. The Hall–Kier alpha value is -2.08. The Kier molecular flexibility index (Phi) is 9.98. The molecule has 3 N–H and O–H groups in total. The molecule has 1 aromatic rings. The van der Waals surface area contributed by atoms with Crippen LogP contribution in [0.5, 0.6) is 0 Å². The minimum Gasteiger partial charge on any atom is -0.382 e. The molecule has 2 rings (SSSR count). The van der Waals surface area contributed by atoms with Crippen LogP contribution in [0.15, 0.2) is 29.3 Å². The molecule has 6 heteroatoms. The van der Waals surface area contributed by atoms with Crippen molar-refractivity contribution in [3.05, 3.63) is 35.4 Å². The second-order valence-electron chi connectivity index (χ2n) is 7.76. The van der Waals surface area contributed by atoms with Gasteiger partial charge in [0, 0.05) is 38.4 Å². The van der Waals surface area contributed by atoms with Crippen molar-refractivity contribution in [1.29, 1.82) is 0 Å². The highest BCUT2D eigenvalue weighted by Crippen LogP contribution is 2.40. The third-order valence-electron chi connectivity index (χ3n) is 5.57. The number of benzene rings is 1. The normalized spacial score (nSPS) is 15.9. The number of carbonyl (C=O) groups is 1. The van der Waals surface area contributed by atoms with Gasteiger partial charge in [-0.15, -0.1) is 0 Å². The van der Waals surface area contributed by atoms with Gasteiger partial charge in [0.05, 0.1) is 6.54 Å². The molecule has 1 aliphatic carbocycles. The van der Waals surface area contributed by atoms with Gasteiger partial charge in [0.15, 0.2) is 5.96 Å². The molecule has 0 unspecified atom stereocenters. The summed E-state index contributed by atoms with van der Waals surface area (Å²) in [5.74, 6) is 0.791. The number of ether oxygens (including phenoxy) is 1. The molecule has 29 heavy (non-hydrogen) atoms. The lowest BCUT2D eigenvalue weighted by atomic mass is 9.83. The van der Waals surface area contributed by atoms with Crippen LogP contribution in [0.4, 0.5) is 0 Å². The van der Waals surface area contributed by atoms with E-state index in [1.54, 1.807) is 0 Å². The Morgan fingerprint density at radius 1 is 1.10 bits per heavy atom. The predicted octanol–water partition coefficient (Wildman–Crippen LogP) is 3.48. The summed E-state index contributed by atoms with van der Waals surface area (Å²) in [4.78, 5) is 16.8. The van der Waals surface area contributed by atoms with E-state index in [1.165, 1.54) is 25.7 Å². The van der Waals surface area contributed by atoms with Crippen LogP contribution in [0, 0.1) is 5.41 Å². The van der Waals surface area contributed by atoms with Crippen LogP contribution in [0.25, 0.3) is 0 Å². The molecule has 162 valence electrons. The number of nitrogens with zero attached hydrogens (tertiary/aromatic N) is 1. The molecule has 1 amide bonds. The van der Waals surface area contributed by atoms with E-state index < -0.39 is 0 Å². The second-order valence-corrected chi connectivity index (χ2v) is 7.76. The maximum Gasteiger partial charge on any atom is 0.251 e. The fraction of sp³-hybridized carbons (Fsp3) is 0.652. The fourth-order valence-electron chi connectivity index (χ4n) is 3.93. The van der Waals surface area contributed by atoms with Crippen molar-refractivity contribution in [2.24, 2.45) is 10.4 Å². The Balaban J connectivity index is 1.98. The summed E-state index contributed by atoms with van der Waals surface area (Å²) in [6.07, 6.45) is 6.20. The smallest absolute Gasteiger partial charge is 0.251 e.